The Balaban J connectivity index is 1.53. The summed E-state index contributed by atoms with van der Waals surface area (Å²) in [6.07, 6.45) is 0. The average Bonchev–Trinajstić information content (AvgIpc) is 3.07. The van der Waals surface area contributed by atoms with Gasteiger partial charge in [0.2, 0.25) is 6.79 Å². The van der Waals surface area contributed by atoms with Crippen LogP contribution in [0.15, 0.2) is 57.7 Å². The monoisotopic (exact) mass is 323 g/mol. The Hall–Kier alpha value is -3.28. The topological polar surface area (TPSA) is 77.8 Å². The summed E-state index contributed by atoms with van der Waals surface area (Å²) >= 11 is 0. The highest BCUT2D eigenvalue weighted by atomic mass is 16.7. The Labute approximate surface area is 136 Å². The molecular formula is C18H13NO5. The van der Waals surface area contributed by atoms with E-state index < -0.39 is 5.91 Å². The Morgan fingerprint density at radius 1 is 1.04 bits per heavy atom. The zero-order chi connectivity index (χ0) is 16.5. The van der Waals surface area contributed by atoms with E-state index in [-0.39, 0.29) is 24.5 Å². The minimum Gasteiger partial charge on any atom is -0.454 e. The summed E-state index contributed by atoms with van der Waals surface area (Å²) in [5.74, 6) is 0.875. The van der Waals surface area contributed by atoms with E-state index in [1.54, 1.807) is 36.4 Å². The molecule has 2 aromatic carbocycles. The van der Waals surface area contributed by atoms with Crippen LogP contribution in [0.5, 0.6) is 11.5 Å². The van der Waals surface area contributed by atoms with Crippen LogP contribution in [0, 0.1) is 0 Å². The Morgan fingerprint density at radius 3 is 2.79 bits per heavy atom. The van der Waals surface area contributed by atoms with Crippen LogP contribution in [0.25, 0.3) is 11.0 Å². The Kier molecular flexibility index (Phi) is 3.42. The first-order chi connectivity index (χ1) is 11.7. The first-order valence-corrected chi connectivity index (χ1v) is 7.40. The summed E-state index contributed by atoms with van der Waals surface area (Å²) in [6.45, 7) is 0.486. The van der Waals surface area contributed by atoms with Gasteiger partial charge in [0.15, 0.2) is 22.7 Å². The maximum atomic E-state index is 12.2. The summed E-state index contributed by atoms with van der Waals surface area (Å²) in [4.78, 5) is 24.3. The standard InChI is InChI=1S/C18H13NO5/c20-13-8-17(24-14-4-2-1-3-12(13)14)18(21)19-9-11-5-6-15-16(7-11)23-10-22-15/h1-8H,9-10H2,(H,19,21). The fourth-order valence-corrected chi connectivity index (χ4v) is 2.54. The van der Waals surface area contributed by atoms with Crippen molar-refractivity contribution in [1.82, 2.24) is 5.32 Å². The number of nitrogens with one attached hydrogen (secondary N) is 1. The number of carbonyl (C=O) groups excluding carboxylic acids is 1. The molecule has 24 heavy (non-hydrogen) atoms. The van der Waals surface area contributed by atoms with Gasteiger partial charge in [-0.2, -0.15) is 0 Å². The lowest BCUT2D eigenvalue weighted by Gasteiger charge is -2.06. The minimum atomic E-state index is -0.449. The second-order valence-corrected chi connectivity index (χ2v) is 5.34. The molecule has 1 aliphatic rings. The molecule has 0 aliphatic carbocycles. The van der Waals surface area contributed by atoms with Crippen molar-refractivity contribution in [3.8, 4) is 11.5 Å². The Morgan fingerprint density at radius 2 is 1.88 bits per heavy atom. The molecule has 0 saturated carbocycles. The van der Waals surface area contributed by atoms with E-state index in [4.69, 9.17) is 13.9 Å². The molecule has 0 fully saturated rings. The number of ether oxygens (including phenoxy) is 2. The van der Waals surface area contributed by atoms with Gasteiger partial charge in [-0.15, -0.1) is 0 Å². The summed E-state index contributed by atoms with van der Waals surface area (Å²) in [5, 5.41) is 3.18. The molecule has 120 valence electrons. The lowest BCUT2D eigenvalue weighted by Crippen LogP contribution is -2.24. The van der Waals surface area contributed by atoms with Gasteiger partial charge in [-0.1, -0.05) is 18.2 Å². The van der Waals surface area contributed by atoms with Crippen molar-refractivity contribution in [2.45, 2.75) is 6.54 Å². The highest BCUT2D eigenvalue weighted by molar-refractivity contribution is 5.93. The van der Waals surface area contributed by atoms with Gasteiger partial charge in [-0.05, 0) is 29.8 Å². The van der Waals surface area contributed by atoms with Crippen molar-refractivity contribution >= 4 is 16.9 Å². The summed E-state index contributed by atoms with van der Waals surface area (Å²) in [6, 6.07) is 13.5. The van der Waals surface area contributed by atoms with Crippen LogP contribution in [0.3, 0.4) is 0 Å². The number of fused-ring (bicyclic) bond motifs is 2. The van der Waals surface area contributed by atoms with E-state index in [9.17, 15) is 9.59 Å². The first kappa shape index (κ1) is 14.3. The molecule has 0 atom stereocenters. The minimum absolute atomic E-state index is 0.0144. The summed E-state index contributed by atoms with van der Waals surface area (Å²) in [5.41, 5.74) is 0.999. The van der Waals surface area contributed by atoms with E-state index in [1.165, 1.54) is 6.07 Å². The number of para-hydroxylation sites is 1. The van der Waals surface area contributed by atoms with Crippen LogP contribution in [0.4, 0.5) is 0 Å². The number of hydrogen-bond acceptors (Lipinski definition) is 5. The molecule has 6 heteroatoms. The highest BCUT2D eigenvalue weighted by Crippen LogP contribution is 2.32. The second kappa shape index (κ2) is 5.73. The lowest BCUT2D eigenvalue weighted by molar-refractivity contribution is 0.0923. The molecule has 0 unspecified atom stereocenters. The van der Waals surface area contributed by atoms with Crippen molar-refractivity contribution in [2.24, 2.45) is 0 Å². The third-order valence-corrected chi connectivity index (χ3v) is 3.75. The van der Waals surface area contributed by atoms with Crippen LogP contribution in [-0.4, -0.2) is 12.7 Å². The molecule has 1 aliphatic heterocycles. The molecule has 0 radical (unpaired) electrons. The van der Waals surface area contributed by atoms with Crippen molar-refractivity contribution < 1.29 is 18.7 Å². The van der Waals surface area contributed by atoms with Gasteiger partial charge >= 0.3 is 0 Å². The second-order valence-electron chi connectivity index (χ2n) is 5.34. The third kappa shape index (κ3) is 2.58. The van der Waals surface area contributed by atoms with Crippen LogP contribution < -0.4 is 20.2 Å². The molecule has 3 aromatic rings. The van der Waals surface area contributed by atoms with Crippen molar-refractivity contribution in [3.05, 3.63) is 70.1 Å². The summed E-state index contributed by atoms with van der Waals surface area (Å²) in [7, 11) is 0. The Bertz CT molecular complexity index is 992. The number of hydrogen-bond donors (Lipinski definition) is 1. The largest absolute Gasteiger partial charge is 0.454 e. The van der Waals surface area contributed by atoms with Gasteiger partial charge in [0.1, 0.15) is 5.58 Å². The molecule has 0 saturated heterocycles. The maximum Gasteiger partial charge on any atom is 0.287 e. The van der Waals surface area contributed by atoms with E-state index in [1.807, 2.05) is 6.07 Å². The molecule has 0 bridgehead atoms. The normalized spacial score (nSPS) is 12.3. The molecule has 4 rings (SSSR count). The quantitative estimate of drug-likeness (QED) is 0.801. The lowest BCUT2D eigenvalue weighted by atomic mass is 10.2. The molecule has 1 N–H and O–H groups in total. The number of benzene rings is 2. The van der Waals surface area contributed by atoms with Gasteiger partial charge in [-0.25, -0.2) is 0 Å². The third-order valence-electron chi connectivity index (χ3n) is 3.75. The first-order valence-electron chi connectivity index (χ1n) is 7.40. The van der Waals surface area contributed by atoms with Gasteiger partial charge in [0.25, 0.3) is 5.91 Å². The van der Waals surface area contributed by atoms with Gasteiger partial charge < -0.3 is 19.2 Å². The SMILES string of the molecule is O=C(NCc1ccc2c(c1)OCO2)c1cc(=O)c2ccccc2o1. The van der Waals surface area contributed by atoms with Gasteiger partial charge in [-0.3, -0.25) is 9.59 Å². The predicted octanol–water partition coefficient (Wildman–Crippen LogP) is 2.45. The number of carbonyl (C=O) groups is 1. The predicted molar refractivity (Wildman–Crippen MR) is 86.2 cm³/mol. The molecule has 2 heterocycles. The van der Waals surface area contributed by atoms with Crippen molar-refractivity contribution in [1.29, 1.82) is 0 Å². The van der Waals surface area contributed by atoms with Crippen LogP contribution in [-0.2, 0) is 6.54 Å². The molecule has 6 nitrogen and oxygen atoms in total. The van der Waals surface area contributed by atoms with Crippen LogP contribution >= 0.6 is 0 Å². The van der Waals surface area contributed by atoms with Crippen molar-refractivity contribution in [3.63, 3.8) is 0 Å². The summed E-state index contributed by atoms with van der Waals surface area (Å²) < 4.78 is 16.1. The van der Waals surface area contributed by atoms with E-state index in [2.05, 4.69) is 5.32 Å². The fourth-order valence-electron chi connectivity index (χ4n) is 2.54. The maximum absolute atomic E-state index is 12.2. The van der Waals surface area contributed by atoms with Gasteiger partial charge in [0.05, 0.1) is 5.39 Å². The van der Waals surface area contributed by atoms with E-state index >= 15 is 0 Å². The van der Waals surface area contributed by atoms with Crippen LogP contribution in [0.2, 0.25) is 0 Å². The molecule has 1 aromatic heterocycles. The van der Waals surface area contributed by atoms with Crippen LogP contribution in [0.1, 0.15) is 16.1 Å². The van der Waals surface area contributed by atoms with E-state index in [0.29, 0.717) is 22.5 Å². The fraction of sp³-hybridized carbons (Fsp3) is 0.111. The zero-order valence-corrected chi connectivity index (χ0v) is 12.6. The number of rotatable bonds is 3. The van der Waals surface area contributed by atoms with E-state index in [0.717, 1.165) is 5.56 Å². The highest BCUT2D eigenvalue weighted by Gasteiger charge is 2.15. The number of amides is 1. The zero-order valence-electron chi connectivity index (χ0n) is 12.6. The average molecular weight is 323 g/mol. The molecule has 0 spiro atoms. The van der Waals surface area contributed by atoms with Gasteiger partial charge in [0, 0.05) is 12.6 Å². The smallest absolute Gasteiger partial charge is 0.287 e. The molecule has 1 amide bonds. The molecular weight excluding hydrogens is 310 g/mol. The van der Waals surface area contributed by atoms with Crippen molar-refractivity contribution in [2.75, 3.05) is 6.79 Å².